The molecule has 0 aromatic rings. The van der Waals surface area contributed by atoms with Crippen molar-refractivity contribution in [1.29, 1.82) is 0 Å². The van der Waals surface area contributed by atoms with E-state index in [2.05, 4.69) is 11.3 Å². The lowest BCUT2D eigenvalue weighted by Crippen LogP contribution is -2.61. The van der Waals surface area contributed by atoms with Crippen LogP contribution in [-0.4, -0.2) is 30.0 Å². The molecule has 0 rings (SSSR count). The van der Waals surface area contributed by atoms with Crippen molar-refractivity contribution in [3.05, 3.63) is 12.3 Å². The van der Waals surface area contributed by atoms with E-state index in [0.29, 0.717) is 0 Å². The van der Waals surface area contributed by atoms with Crippen LogP contribution in [0.15, 0.2) is 12.3 Å². The highest BCUT2D eigenvalue weighted by atomic mass is 19.4. The lowest BCUT2D eigenvalue weighted by Gasteiger charge is -2.34. The second-order valence-electron chi connectivity index (χ2n) is 3.81. The fourth-order valence-electron chi connectivity index (χ4n) is 0.909. The van der Waals surface area contributed by atoms with Crippen LogP contribution in [0.1, 0.15) is 13.8 Å². The predicted octanol–water partition coefficient (Wildman–Crippen LogP) is 4.39. The number of halogens is 9. The molecule has 0 saturated heterocycles. The number of rotatable bonds is 5. The van der Waals surface area contributed by atoms with Crippen LogP contribution < -0.4 is 0 Å². The van der Waals surface area contributed by atoms with Gasteiger partial charge in [0.2, 0.25) is 0 Å². The highest BCUT2D eigenvalue weighted by Gasteiger charge is 2.82. The molecule has 0 heterocycles. The van der Waals surface area contributed by atoms with E-state index in [1.54, 1.807) is 0 Å². The Morgan fingerprint density at radius 2 is 1.21 bits per heavy atom. The van der Waals surface area contributed by atoms with Gasteiger partial charge in [-0.2, -0.15) is 39.5 Å². The van der Waals surface area contributed by atoms with Crippen LogP contribution in [0, 0.1) is 0 Å². The van der Waals surface area contributed by atoms with Crippen LogP contribution in [0.4, 0.5) is 39.5 Å². The van der Waals surface area contributed by atoms with Crippen molar-refractivity contribution in [1.82, 2.24) is 0 Å². The van der Waals surface area contributed by atoms with Gasteiger partial charge in [0.15, 0.2) is 5.76 Å². The van der Waals surface area contributed by atoms with Gasteiger partial charge in [-0.3, -0.25) is 0 Å². The molecule has 0 fully saturated rings. The van der Waals surface area contributed by atoms with Crippen molar-refractivity contribution in [2.24, 2.45) is 0 Å². The number of hydrogen-bond acceptors (Lipinski definition) is 1. The third-order valence-corrected chi connectivity index (χ3v) is 1.87. The Balaban J connectivity index is 5.57. The molecule has 0 N–H and O–H groups in total. The van der Waals surface area contributed by atoms with E-state index < -0.39 is 35.8 Å². The Hall–Kier alpha value is -1.09. The van der Waals surface area contributed by atoms with E-state index in [4.69, 9.17) is 0 Å². The largest absolute Gasteiger partial charge is 0.489 e. The first kappa shape index (κ1) is 17.9. The Morgan fingerprint density at radius 3 is 1.47 bits per heavy atom. The molecule has 1 nitrogen and oxygen atoms in total. The monoisotopic (exact) mass is 304 g/mol. The van der Waals surface area contributed by atoms with Gasteiger partial charge in [-0.15, -0.1) is 0 Å². The number of allylic oxidation sites excluding steroid dienone is 1. The van der Waals surface area contributed by atoms with Gasteiger partial charge in [0, 0.05) is 0 Å². The van der Waals surface area contributed by atoms with Crippen molar-refractivity contribution >= 4 is 0 Å². The third-order valence-electron chi connectivity index (χ3n) is 1.87. The Bertz CT molecular complexity index is 342. The molecule has 0 aliphatic rings. The molecular weight excluding hydrogens is 295 g/mol. The molecule has 0 spiro atoms. The van der Waals surface area contributed by atoms with Gasteiger partial charge >= 0.3 is 23.9 Å². The Morgan fingerprint density at radius 1 is 0.842 bits per heavy atom. The lowest BCUT2D eigenvalue weighted by molar-refractivity contribution is -0.393. The summed E-state index contributed by atoms with van der Waals surface area (Å²) < 4.78 is 116. The van der Waals surface area contributed by atoms with Gasteiger partial charge < -0.3 is 4.74 Å². The molecule has 10 heteroatoms. The fraction of sp³-hybridized carbons (Fsp3) is 0.778. The number of ether oxygens (including phenoxy) is 1. The summed E-state index contributed by atoms with van der Waals surface area (Å²) >= 11 is 0. The zero-order valence-corrected chi connectivity index (χ0v) is 9.59. The van der Waals surface area contributed by atoms with E-state index in [0.717, 1.165) is 13.8 Å². The summed E-state index contributed by atoms with van der Waals surface area (Å²) in [6, 6.07) is 0. The fourth-order valence-corrected chi connectivity index (χ4v) is 0.909. The van der Waals surface area contributed by atoms with Crippen LogP contribution in [0.25, 0.3) is 0 Å². The second kappa shape index (κ2) is 4.78. The molecule has 19 heavy (non-hydrogen) atoms. The minimum atomic E-state index is -6.94. The van der Waals surface area contributed by atoms with Crippen molar-refractivity contribution in [2.75, 3.05) is 0 Å². The summed E-state index contributed by atoms with van der Waals surface area (Å²) in [5.41, 5.74) is 0. The molecule has 0 aliphatic heterocycles. The molecule has 0 radical (unpaired) electrons. The minimum Gasteiger partial charge on any atom is -0.489 e. The zero-order valence-electron chi connectivity index (χ0n) is 9.59. The van der Waals surface area contributed by atoms with Crippen LogP contribution in [0.2, 0.25) is 0 Å². The van der Waals surface area contributed by atoms with Crippen molar-refractivity contribution in [3.8, 4) is 0 Å². The van der Waals surface area contributed by atoms with Gasteiger partial charge in [0.05, 0.1) is 6.10 Å². The topological polar surface area (TPSA) is 9.23 Å². The summed E-state index contributed by atoms with van der Waals surface area (Å²) in [7, 11) is 0. The summed E-state index contributed by atoms with van der Waals surface area (Å²) in [4.78, 5) is 0. The van der Waals surface area contributed by atoms with E-state index >= 15 is 0 Å². The average Bonchev–Trinajstić information content (AvgIpc) is 2.13. The van der Waals surface area contributed by atoms with Crippen molar-refractivity contribution in [3.63, 3.8) is 0 Å². The highest BCUT2D eigenvalue weighted by molar-refractivity contribution is 5.13. The summed E-state index contributed by atoms with van der Waals surface area (Å²) in [6.07, 6.45) is -8.01. The summed E-state index contributed by atoms with van der Waals surface area (Å²) in [6.45, 7) is 4.42. The molecule has 0 unspecified atom stereocenters. The van der Waals surface area contributed by atoms with Gasteiger partial charge in [0.25, 0.3) is 0 Å². The summed E-state index contributed by atoms with van der Waals surface area (Å²) in [5, 5.41) is 0. The summed E-state index contributed by atoms with van der Waals surface area (Å²) in [5.74, 6) is -21.7. The molecule has 0 atom stereocenters. The Labute approximate surface area is 102 Å². The minimum absolute atomic E-state index is 1.07. The maximum atomic E-state index is 13.0. The molecule has 0 aromatic heterocycles. The lowest BCUT2D eigenvalue weighted by atomic mass is 10.0. The first-order chi connectivity index (χ1) is 8.09. The molecule has 0 aromatic carbocycles. The maximum absolute atomic E-state index is 13.0. The van der Waals surface area contributed by atoms with E-state index in [-0.39, 0.29) is 0 Å². The van der Waals surface area contributed by atoms with Gasteiger partial charge in [-0.1, -0.05) is 6.58 Å². The zero-order chi connectivity index (χ0) is 15.9. The molecule has 0 saturated carbocycles. The quantitative estimate of drug-likeness (QED) is 0.540. The molecule has 114 valence electrons. The first-order valence-corrected chi connectivity index (χ1v) is 4.65. The number of hydrogen-bond donors (Lipinski definition) is 0. The standard InChI is InChI=1S/C9H9F9O/c1-4(2)19-5(3)6(10,11)7(12,13)8(14,15)9(16,17)18/h4H,3H2,1-2H3. The van der Waals surface area contributed by atoms with Crippen molar-refractivity contribution < 1.29 is 44.3 Å². The predicted molar refractivity (Wildman–Crippen MR) is 46.3 cm³/mol. The average molecular weight is 304 g/mol. The van der Waals surface area contributed by atoms with Gasteiger partial charge in [-0.05, 0) is 13.8 Å². The van der Waals surface area contributed by atoms with Crippen LogP contribution >= 0.6 is 0 Å². The van der Waals surface area contributed by atoms with E-state index in [1.165, 1.54) is 0 Å². The third kappa shape index (κ3) is 2.92. The van der Waals surface area contributed by atoms with Crippen molar-refractivity contribution in [2.45, 2.75) is 43.9 Å². The van der Waals surface area contributed by atoms with Gasteiger partial charge in [-0.25, -0.2) is 0 Å². The van der Waals surface area contributed by atoms with Crippen LogP contribution in [0.3, 0.4) is 0 Å². The first-order valence-electron chi connectivity index (χ1n) is 4.65. The second-order valence-corrected chi connectivity index (χ2v) is 3.81. The smallest absolute Gasteiger partial charge is 0.460 e. The highest BCUT2D eigenvalue weighted by Crippen LogP contribution is 2.55. The molecular formula is C9H9F9O. The normalized spacial score (nSPS) is 14.7. The molecule has 0 amide bonds. The molecule has 0 bridgehead atoms. The SMILES string of the molecule is C=C(OC(C)C)C(F)(F)C(F)(F)C(F)(F)C(F)(F)F. The van der Waals surface area contributed by atoms with E-state index in [9.17, 15) is 39.5 Å². The van der Waals surface area contributed by atoms with Crippen LogP contribution in [0.5, 0.6) is 0 Å². The Kier molecular flexibility index (Phi) is 4.51. The van der Waals surface area contributed by atoms with Crippen LogP contribution in [-0.2, 0) is 4.74 Å². The van der Waals surface area contributed by atoms with E-state index in [1.807, 2.05) is 0 Å². The maximum Gasteiger partial charge on any atom is 0.460 e. The molecule has 0 aliphatic carbocycles. The number of alkyl halides is 9. The van der Waals surface area contributed by atoms with Gasteiger partial charge in [0.1, 0.15) is 0 Å².